The maximum Gasteiger partial charge on any atom is 0.309 e. The van der Waals surface area contributed by atoms with Gasteiger partial charge in [0.2, 0.25) is 5.91 Å². The third-order valence-electron chi connectivity index (χ3n) is 9.06. The van der Waals surface area contributed by atoms with Gasteiger partial charge in [-0.2, -0.15) is 0 Å². The lowest BCUT2D eigenvalue weighted by Gasteiger charge is -2.37. The topological polar surface area (TPSA) is 65.1 Å². The predicted octanol–water partition coefficient (Wildman–Crippen LogP) is 7.25. The van der Waals surface area contributed by atoms with Gasteiger partial charge in [0.05, 0.1) is 30.8 Å². The molecule has 0 saturated carbocycles. The number of esters is 1. The molecule has 3 saturated heterocycles. The fourth-order valence-electron chi connectivity index (χ4n) is 6.67. The molecule has 4 aliphatic heterocycles. The Balaban J connectivity index is 1.38. The van der Waals surface area contributed by atoms with Crippen LogP contribution >= 0.6 is 0 Å². The van der Waals surface area contributed by atoms with Crippen LogP contribution in [-0.4, -0.2) is 60.4 Å². The first kappa shape index (κ1) is 31.7. The second kappa shape index (κ2) is 16.5. The largest absolute Gasteiger partial charge is 0.457 e. The van der Waals surface area contributed by atoms with Gasteiger partial charge < -0.3 is 19.1 Å². The molecule has 0 aromatic carbocycles. The molecule has 0 spiro atoms. The third kappa shape index (κ3) is 10.6. The molecule has 0 N–H and O–H groups in total. The Hall–Kier alpha value is -2.18. The summed E-state index contributed by atoms with van der Waals surface area (Å²) in [6.07, 6.45) is 26.7. The summed E-state index contributed by atoms with van der Waals surface area (Å²) in [6.45, 7) is 8.28. The summed E-state index contributed by atoms with van der Waals surface area (Å²) in [4.78, 5) is 27.4. The smallest absolute Gasteiger partial charge is 0.309 e. The average molecular weight is 568 g/mol. The van der Waals surface area contributed by atoms with E-state index in [0.29, 0.717) is 18.4 Å². The van der Waals surface area contributed by atoms with Gasteiger partial charge in [0.1, 0.15) is 6.10 Å². The van der Waals surface area contributed by atoms with Crippen LogP contribution in [0.2, 0.25) is 0 Å². The van der Waals surface area contributed by atoms with Crippen molar-refractivity contribution < 1.29 is 23.8 Å². The number of hydrogen-bond acceptors (Lipinski definition) is 5. The van der Waals surface area contributed by atoms with Crippen molar-refractivity contribution in [2.24, 2.45) is 11.8 Å². The highest BCUT2D eigenvalue weighted by molar-refractivity contribution is 5.76. The number of hydrogen-bond donors (Lipinski definition) is 0. The molecular formula is C35H53NO5. The van der Waals surface area contributed by atoms with Crippen LogP contribution in [0.5, 0.6) is 0 Å². The van der Waals surface area contributed by atoms with Gasteiger partial charge in [-0.3, -0.25) is 9.59 Å². The number of carbonyl (C=O) groups excluding carboxylic acids is 2. The zero-order valence-corrected chi connectivity index (χ0v) is 25.7. The van der Waals surface area contributed by atoms with Gasteiger partial charge in [0, 0.05) is 31.8 Å². The van der Waals surface area contributed by atoms with Crippen molar-refractivity contribution in [3.05, 3.63) is 48.1 Å². The van der Waals surface area contributed by atoms with Gasteiger partial charge in [-0.25, -0.2) is 0 Å². The highest BCUT2D eigenvalue weighted by Gasteiger charge is 2.32. The van der Waals surface area contributed by atoms with Crippen LogP contribution < -0.4 is 0 Å². The van der Waals surface area contributed by atoms with Crippen molar-refractivity contribution in [2.45, 2.75) is 135 Å². The van der Waals surface area contributed by atoms with E-state index >= 15 is 0 Å². The first-order valence-corrected chi connectivity index (χ1v) is 16.3. The lowest BCUT2D eigenvalue weighted by molar-refractivity contribution is -0.154. The molecule has 6 nitrogen and oxygen atoms in total. The average Bonchev–Trinajstić information content (AvgIpc) is 3.49. The Morgan fingerprint density at radius 1 is 0.927 bits per heavy atom. The minimum atomic E-state index is -0.351. The Morgan fingerprint density at radius 2 is 1.66 bits per heavy atom. The van der Waals surface area contributed by atoms with Crippen LogP contribution in [0.3, 0.4) is 0 Å². The number of likely N-dealkylation sites (tertiary alicyclic amines) is 1. The Labute approximate surface area is 248 Å². The first-order chi connectivity index (χ1) is 19.9. The Morgan fingerprint density at radius 3 is 2.44 bits per heavy atom. The molecule has 0 aliphatic carbocycles. The maximum atomic E-state index is 13.2. The van der Waals surface area contributed by atoms with Crippen molar-refractivity contribution in [3.8, 4) is 0 Å². The van der Waals surface area contributed by atoms with Crippen molar-refractivity contribution in [3.63, 3.8) is 0 Å². The van der Waals surface area contributed by atoms with Crippen molar-refractivity contribution in [2.75, 3.05) is 13.1 Å². The Kier molecular flexibility index (Phi) is 12.7. The van der Waals surface area contributed by atoms with Crippen LogP contribution in [0.25, 0.3) is 0 Å². The van der Waals surface area contributed by atoms with Crippen molar-refractivity contribution in [1.29, 1.82) is 0 Å². The van der Waals surface area contributed by atoms with E-state index < -0.39 is 0 Å². The van der Waals surface area contributed by atoms with Crippen molar-refractivity contribution >= 4 is 11.9 Å². The summed E-state index contributed by atoms with van der Waals surface area (Å²) in [6, 6.07) is 0. The molecule has 228 valence electrons. The number of allylic oxidation sites excluding steroid dienone is 5. The molecule has 1 amide bonds. The molecule has 4 bridgehead atoms. The standard InChI is InChI=1S/C35H53NO5/c1-4-28-22-31-24-30-14-12-13-29(39-30)21-26(2)17-18-27(3)33(41-35(38)25-32(23-28)40-31)15-8-6-5-7-9-16-34(37)36-19-10-11-20-36/h4-6,8,15,17-18,26-27,29-33H,7,9-14,16,19-25H2,1-3H3. The van der Waals surface area contributed by atoms with Gasteiger partial charge in [0.15, 0.2) is 0 Å². The maximum absolute atomic E-state index is 13.2. The Bertz CT molecular complexity index is 962. The second-order valence-electron chi connectivity index (χ2n) is 12.7. The number of amides is 1. The van der Waals surface area contributed by atoms with Crippen LogP contribution in [0, 0.1) is 11.8 Å². The summed E-state index contributed by atoms with van der Waals surface area (Å²) in [5, 5.41) is 0. The first-order valence-electron chi connectivity index (χ1n) is 16.3. The normalized spacial score (nSPS) is 34.9. The van der Waals surface area contributed by atoms with E-state index in [1.54, 1.807) is 0 Å². The molecule has 0 aromatic rings. The molecule has 4 heterocycles. The fourth-order valence-corrected chi connectivity index (χ4v) is 6.67. The molecule has 7 unspecified atom stereocenters. The summed E-state index contributed by atoms with van der Waals surface area (Å²) < 4.78 is 19.1. The number of ether oxygens (including phenoxy) is 3. The number of carbonyl (C=O) groups is 2. The lowest BCUT2D eigenvalue weighted by Crippen LogP contribution is -2.37. The zero-order valence-electron chi connectivity index (χ0n) is 25.7. The fraction of sp³-hybridized carbons (Fsp3) is 0.714. The number of unbranched alkanes of at least 4 members (excludes halogenated alkanes) is 1. The van der Waals surface area contributed by atoms with Gasteiger partial charge in [-0.15, -0.1) is 0 Å². The molecule has 7 atom stereocenters. The van der Waals surface area contributed by atoms with Gasteiger partial charge in [-0.1, -0.05) is 55.9 Å². The van der Waals surface area contributed by atoms with Crippen LogP contribution in [0.15, 0.2) is 48.1 Å². The zero-order chi connectivity index (χ0) is 29.0. The van der Waals surface area contributed by atoms with Crippen LogP contribution in [0.4, 0.5) is 0 Å². The van der Waals surface area contributed by atoms with E-state index in [2.05, 4.69) is 45.1 Å². The van der Waals surface area contributed by atoms with Gasteiger partial charge in [0.25, 0.3) is 0 Å². The van der Waals surface area contributed by atoms with E-state index in [9.17, 15) is 9.59 Å². The molecule has 3 fully saturated rings. The van der Waals surface area contributed by atoms with Crippen molar-refractivity contribution in [1.82, 2.24) is 4.90 Å². The summed E-state index contributed by atoms with van der Waals surface area (Å²) in [5.74, 6) is 0.509. The number of rotatable bonds is 6. The van der Waals surface area contributed by atoms with E-state index in [1.807, 2.05) is 23.1 Å². The van der Waals surface area contributed by atoms with Gasteiger partial charge in [-0.05, 0) is 83.1 Å². The monoisotopic (exact) mass is 567 g/mol. The summed E-state index contributed by atoms with van der Waals surface area (Å²) >= 11 is 0. The summed E-state index contributed by atoms with van der Waals surface area (Å²) in [5.41, 5.74) is 1.36. The third-order valence-corrected chi connectivity index (χ3v) is 9.06. The molecule has 0 radical (unpaired) electrons. The molecule has 4 aliphatic rings. The second-order valence-corrected chi connectivity index (χ2v) is 12.7. The molecular weight excluding hydrogens is 514 g/mol. The molecule has 41 heavy (non-hydrogen) atoms. The van der Waals surface area contributed by atoms with Crippen LogP contribution in [-0.2, 0) is 23.8 Å². The SMILES string of the molecule is CC=C1CC2CC(=O)OC(C=CC=CCCCC(=O)N3CCCC3)C(C)C=CC(C)CC3CCCC(CC(C1)O2)O3. The quantitative estimate of drug-likeness (QED) is 0.146. The lowest BCUT2D eigenvalue weighted by atomic mass is 9.90. The summed E-state index contributed by atoms with van der Waals surface area (Å²) in [7, 11) is 0. The molecule has 4 rings (SSSR count). The molecule has 0 aromatic heterocycles. The predicted molar refractivity (Wildman–Crippen MR) is 163 cm³/mol. The van der Waals surface area contributed by atoms with E-state index in [-0.39, 0.29) is 48.6 Å². The van der Waals surface area contributed by atoms with Gasteiger partial charge >= 0.3 is 5.97 Å². The highest BCUT2D eigenvalue weighted by Crippen LogP contribution is 2.33. The number of cyclic esters (lactones) is 1. The molecule has 6 heteroatoms. The minimum absolute atomic E-state index is 0.0446. The van der Waals surface area contributed by atoms with E-state index in [4.69, 9.17) is 14.2 Å². The minimum Gasteiger partial charge on any atom is -0.457 e. The number of fused-ring (bicyclic) bond motifs is 4. The van der Waals surface area contributed by atoms with E-state index in [0.717, 1.165) is 77.3 Å². The highest BCUT2D eigenvalue weighted by atomic mass is 16.5. The number of nitrogens with zero attached hydrogens (tertiary/aromatic N) is 1. The van der Waals surface area contributed by atoms with Crippen LogP contribution in [0.1, 0.15) is 104 Å². The van der Waals surface area contributed by atoms with E-state index in [1.165, 1.54) is 12.0 Å².